The van der Waals surface area contributed by atoms with Crippen LogP contribution in [0.4, 0.5) is 10.5 Å². The molecule has 1 aliphatic rings. The van der Waals surface area contributed by atoms with Gasteiger partial charge in [0.05, 0.1) is 4.92 Å². The van der Waals surface area contributed by atoms with Crippen LogP contribution >= 0.6 is 0 Å². The Morgan fingerprint density at radius 1 is 1.24 bits per heavy atom. The third-order valence-corrected chi connectivity index (χ3v) is 3.58. The Kier molecular flexibility index (Phi) is 4.52. The molecular formula is C14H16N2O5. The molecule has 1 aromatic carbocycles. The number of piperidine rings is 1. The molecule has 0 radical (unpaired) electrons. The van der Waals surface area contributed by atoms with Crippen LogP contribution in [-0.2, 0) is 4.79 Å². The van der Waals surface area contributed by atoms with Crippen LogP contribution in [0, 0.1) is 16.0 Å². The van der Waals surface area contributed by atoms with Gasteiger partial charge < -0.3 is 9.64 Å². The van der Waals surface area contributed by atoms with Crippen LogP contribution in [0.15, 0.2) is 24.3 Å². The number of nitrogens with zero attached hydrogens (tertiary/aromatic N) is 2. The highest BCUT2D eigenvalue weighted by molar-refractivity contribution is 5.79. The second kappa shape index (κ2) is 6.34. The van der Waals surface area contributed by atoms with Crippen LogP contribution in [0.2, 0.25) is 0 Å². The largest absolute Gasteiger partial charge is 0.415 e. The molecule has 0 spiro atoms. The summed E-state index contributed by atoms with van der Waals surface area (Å²) < 4.78 is 5.16. The topological polar surface area (TPSA) is 89.8 Å². The minimum atomic E-state index is -0.516. The van der Waals surface area contributed by atoms with E-state index in [1.807, 2.05) is 0 Å². The van der Waals surface area contributed by atoms with Crippen molar-refractivity contribution in [1.29, 1.82) is 0 Å². The maximum absolute atomic E-state index is 11.9. The summed E-state index contributed by atoms with van der Waals surface area (Å²) in [6.45, 7) is 2.53. The van der Waals surface area contributed by atoms with Crippen LogP contribution < -0.4 is 4.74 Å². The fourth-order valence-corrected chi connectivity index (χ4v) is 2.27. The lowest BCUT2D eigenvalue weighted by Crippen LogP contribution is -2.41. The lowest BCUT2D eigenvalue weighted by atomic mass is 9.94. The smallest absolute Gasteiger partial charge is 0.410 e. The first-order valence-electron chi connectivity index (χ1n) is 6.69. The molecule has 0 unspecified atom stereocenters. The number of rotatable bonds is 3. The van der Waals surface area contributed by atoms with Crippen molar-refractivity contribution in [1.82, 2.24) is 4.90 Å². The third-order valence-electron chi connectivity index (χ3n) is 3.58. The summed E-state index contributed by atoms with van der Waals surface area (Å²) in [6.07, 6.45) is 0.793. The van der Waals surface area contributed by atoms with E-state index in [0.29, 0.717) is 25.9 Å². The number of hydrogen-bond donors (Lipinski definition) is 0. The van der Waals surface area contributed by atoms with E-state index in [-0.39, 0.29) is 23.1 Å². The highest BCUT2D eigenvalue weighted by Crippen LogP contribution is 2.21. The molecule has 2 rings (SSSR count). The van der Waals surface area contributed by atoms with Crippen molar-refractivity contribution in [3.63, 3.8) is 0 Å². The Balaban J connectivity index is 1.90. The van der Waals surface area contributed by atoms with Gasteiger partial charge >= 0.3 is 6.09 Å². The Bertz CT molecular complexity index is 547. The molecule has 1 fully saturated rings. The Labute approximate surface area is 121 Å². The number of benzene rings is 1. The maximum Gasteiger partial charge on any atom is 0.415 e. The highest BCUT2D eigenvalue weighted by Gasteiger charge is 2.26. The number of hydrogen-bond acceptors (Lipinski definition) is 5. The van der Waals surface area contributed by atoms with Crippen molar-refractivity contribution in [3.05, 3.63) is 34.4 Å². The number of likely N-dealkylation sites (tertiary alicyclic amines) is 1. The van der Waals surface area contributed by atoms with Crippen LogP contribution in [-0.4, -0.2) is 34.8 Å². The number of ketones is 1. The molecule has 1 aromatic rings. The Morgan fingerprint density at radius 3 is 2.29 bits per heavy atom. The minimum absolute atomic E-state index is 0.0217. The summed E-state index contributed by atoms with van der Waals surface area (Å²) in [7, 11) is 0. The average molecular weight is 292 g/mol. The van der Waals surface area contributed by atoms with Gasteiger partial charge in [-0.3, -0.25) is 14.9 Å². The molecule has 1 aliphatic heterocycles. The lowest BCUT2D eigenvalue weighted by molar-refractivity contribution is -0.384. The van der Waals surface area contributed by atoms with Gasteiger partial charge in [0.15, 0.2) is 0 Å². The molecule has 21 heavy (non-hydrogen) atoms. The predicted octanol–water partition coefficient (Wildman–Crippen LogP) is 2.39. The zero-order chi connectivity index (χ0) is 15.4. The van der Waals surface area contributed by atoms with Gasteiger partial charge in [0.25, 0.3) is 5.69 Å². The number of ether oxygens (including phenoxy) is 1. The van der Waals surface area contributed by atoms with E-state index in [4.69, 9.17) is 4.74 Å². The molecule has 7 nitrogen and oxygen atoms in total. The molecule has 0 aromatic heterocycles. The lowest BCUT2D eigenvalue weighted by Gasteiger charge is -2.29. The van der Waals surface area contributed by atoms with Crippen molar-refractivity contribution in [3.8, 4) is 5.75 Å². The molecule has 0 N–H and O–H groups in total. The van der Waals surface area contributed by atoms with Crippen LogP contribution in [0.5, 0.6) is 5.75 Å². The molecular weight excluding hydrogens is 276 g/mol. The minimum Gasteiger partial charge on any atom is -0.410 e. The number of nitro groups is 1. The van der Waals surface area contributed by atoms with Gasteiger partial charge in [-0.1, -0.05) is 0 Å². The van der Waals surface area contributed by atoms with E-state index < -0.39 is 11.0 Å². The number of Topliss-reactive ketones (excluding diaryl/α,β-unsaturated/α-hetero) is 1. The highest BCUT2D eigenvalue weighted by atomic mass is 16.6. The Hall–Kier alpha value is -2.44. The van der Waals surface area contributed by atoms with E-state index in [1.54, 1.807) is 11.8 Å². The van der Waals surface area contributed by atoms with Gasteiger partial charge in [0.1, 0.15) is 11.5 Å². The average Bonchev–Trinajstić information content (AvgIpc) is 2.47. The van der Waals surface area contributed by atoms with E-state index in [9.17, 15) is 19.7 Å². The van der Waals surface area contributed by atoms with Gasteiger partial charge in [0, 0.05) is 31.1 Å². The number of nitro benzene ring substituents is 1. The molecule has 1 heterocycles. The number of carbonyl (C=O) groups is 2. The van der Waals surface area contributed by atoms with Crippen LogP contribution in [0.3, 0.4) is 0 Å². The zero-order valence-corrected chi connectivity index (χ0v) is 11.7. The summed E-state index contributed by atoms with van der Waals surface area (Å²) >= 11 is 0. The molecule has 0 aliphatic carbocycles. The molecule has 0 saturated carbocycles. The van der Waals surface area contributed by atoms with E-state index >= 15 is 0 Å². The molecule has 112 valence electrons. The number of carbonyl (C=O) groups excluding carboxylic acids is 2. The Morgan fingerprint density at radius 2 is 1.81 bits per heavy atom. The van der Waals surface area contributed by atoms with Crippen LogP contribution in [0.25, 0.3) is 0 Å². The third kappa shape index (κ3) is 3.77. The van der Waals surface area contributed by atoms with Crippen molar-refractivity contribution >= 4 is 17.6 Å². The molecule has 1 amide bonds. The number of amides is 1. The second-order valence-corrected chi connectivity index (χ2v) is 4.99. The quantitative estimate of drug-likeness (QED) is 0.630. The first-order chi connectivity index (χ1) is 9.97. The SMILES string of the molecule is CC(=O)C1CCN(C(=O)Oc2ccc([N+](=O)[O-])cc2)CC1. The summed E-state index contributed by atoms with van der Waals surface area (Å²) in [6, 6.07) is 5.34. The first kappa shape index (κ1) is 15.0. The molecule has 0 atom stereocenters. The molecule has 1 saturated heterocycles. The fraction of sp³-hybridized carbons (Fsp3) is 0.429. The van der Waals surface area contributed by atoms with E-state index in [1.165, 1.54) is 24.3 Å². The summed E-state index contributed by atoms with van der Waals surface area (Å²) in [4.78, 5) is 34.8. The predicted molar refractivity (Wildman–Crippen MR) is 74.1 cm³/mol. The van der Waals surface area contributed by atoms with Crippen molar-refractivity contribution < 1.29 is 19.2 Å². The fourth-order valence-electron chi connectivity index (χ4n) is 2.27. The van der Waals surface area contributed by atoms with Gasteiger partial charge in [-0.05, 0) is 31.9 Å². The maximum atomic E-state index is 11.9. The summed E-state index contributed by atoms with van der Waals surface area (Å²) in [5.74, 6) is 0.436. The number of non-ortho nitro benzene ring substituents is 1. The van der Waals surface area contributed by atoms with Gasteiger partial charge in [-0.2, -0.15) is 0 Å². The monoisotopic (exact) mass is 292 g/mol. The van der Waals surface area contributed by atoms with E-state index in [2.05, 4.69) is 0 Å². The van der Waals surface area contributed by atoms with Gasteiger partial charge in [-0.15, -0.1) is 0 Å². The second-order valence-electron chi connectivity index (χ2n) is 4.99. The molecule has 0 bridgehead atoms. The summed E-state index contributed by atoms with van der Waals surface area (Å²) in [5, 5.41) is 10.5. The first-order valence-corrected chi connectivity index (χ1v) is 6.69. The summed E-state index contributed by atoms with van der Waals surface area (Å²) in [5.41, 5.74) is -0.0583. The normalized spacial score (nSPS) is 15.6. The van der Waals surface area contributed by atoms with Gasteiger partial charge in [0.2, 0.25) is 0 Å². The van der Waals surface area contributed by atoms with Crippen LogP contribution in [0.1, 0.15) is 19.8 Å². The van der Waals surface area contributed by atoms with Crippen molar-refractivity contribution in [2.75, 3.05) is 13.1 Å². The standard InChI is InChI=1S/C14H16N2O5/c1-10(17)11-6-8-15(9-7-11)14(18)21-13-4-2-12(3-5-13)16(19)20/h2-5,11H,6-9H2,1H3. The van der Waals surface area contributed by atoms with Gasteiger partial charge in [-0.25, -0.2) is 4.79 Å². The zero-order valence-electron chi connectivity index (χ0n) is 11.7. The van der Waals surface area contributed by atoms with Crippen molar-refractivity contribution in [2.24, 2.45) is 5.92 Å². The molecule has 7 heteroatoms. The van der Waals surface area contributed by atoms with E-state index in [0.717, 1.165) is 0 Å². The van der Waals surface area contributed by atoms with Crippen molar-refractivity contribution in [2.45, 2.75) is 19.8 Å².